The highest BCUT2D eigenvalue weighted by molar-refractivity contribution is 7.89. The molecule has 6 heteroatoms. The van der Waals surface area contributed by atoms with Gasteiger partial charge >= 0.3 is 0 Å². The van der Waals surface area contributed by atoms with Crippen molar-refractivity contribution < 1.29 is 13.2 Å². The van der Waals surface area contributed by atoms with Crippen LogP contribution in [0.4, 0.5) is 0 Å². The maximum Gasteiger partial charge on any atom is 0.243 e. The molecule has 0 spiro atoms. The molecule has 2 aliphatic rings. The van der Waals surface area contributed by atoms with Crippen molar-refractivity contribution in [3.8, 4) is 0 Å². The van der Waals surface area contributed by atoms with Crippen molar-refractivity contribution in [3.63, 3.8) is 0 Å². The Bertz CT molecular complexity index is 715. The van der Waals surface area contributed by atoms with Crippen LogP contribution in [-0.2, 0) is 14.8 Å². The van der Waals surface area contributed by atoms with Crippen molar-refractivity contribution in [2.75, 3.05) is 26.2 Å². The summed E-state index contributed by atoms with van der Waals surface area (Å²) in [6.45, 7) is 6.53. The molecule has 0 radical (unpaired) electrons. The molecule has 25 heavy (non-hydrogen) atoms. The Kier molecular flexibility index (Phi) is 5.49. The third-order valence-electron chi connectivity index (χ3n) is 5.36. The lowest BCUT2D eigenvalue weighted by atomic mass is 9.94. The summed E-state index contributed by atoms with van der Waals surface area (Å²) in [6.07, 6.45) is 3.74. The third-order valence-corrected chi connectivity index (χ3v) is 7.24. The molecule has 0 unspecified atom stereocenters. The van der Waals surface area contributed by atoms with Gasteiger partial charge in [-0.15, -0.1) is 0 Å². The molecule has 0 saturated carbocycles. The van der Waals surface area contributed by atoms with Gasteiger partial charge in [-0.3, -0.25) is 4.79 Å². The molecule has 1 aromatic rings. The zero-order chi connectivity index (χ0) is 18.0. The van der Waals surface area contributed by atoms with Gasteiger partial charge in [0, 0.05) is 26.2 Å². The number of rotatable bonds is 3. The van der Waals surface area contributed by atoms with E-state index in [0.717, 1.165) is 37.9 Å². The van der Waals surface area contributed by atoms with Crippen molar-refractivity contribution >= 4 is 15.9 Å². The van der Waals surface area contributed by atoms with Gasteiger partial charge in [-0.25, -0.2) is 8.42 Å². The fraction of sp³-hybridized carbons (Fsp3) is 0.632. The second-order valence-electron chi connectivity index (χ2n) is 7.55. The van der Waals surface area contributed by atoms with Crippen LogP contribution in [0.2, 0.25) is 0 Å². The number of aryl methyl sites for hydroxylation is 1. The second kappa shape index (κ2) is 7.46. The first-order valence-corrected chi connectivity index (χ1v) is 10.7. The number of hydrogen-bond donors (Lipinski definition) is 0. The number of carbonyl (C=O) groups is 1. The average Bonchev–Trinajstić information content (AvgIpc) is 2.61. The molecule has 0 bridgehead atoms. The fourth-order valence-electron chi connectivity index (χ4n) is 3.87. The van der Waals surface area contributed by atoms with Crippen molar-refractivity contribution in [2.45, 2.75) is 44.4 Å². The molecular weight excluding hydrogens is 336 g/mol. The van der Waals surface area contributed by atoms with Crippen LogP contribution in [-0.4, -0.2) is 49.7 Å². The lowest BCUT2D eigenvalue weighted by molar-refractivity contribution is -0.138. The number of hydrogen-bond acceptors (Lipinski definition) is 3. The normalized spacial score (nSPS) is 25.8. The van der Waals surface area contributed by atoms with E-state index < -0.39 is 10.0 Å². The zero-order valence-corrected chi connectivity index (χ0v) is 16.0. The van der Waals surface area contributed by atoms with Crippen molar-refractivity contribution in [3.05, 3.63) is 29.8 Å². The van der Waals surface area contributed by atoms with Gasteiger partial charge in [-0.05, 0) is 50.7 Å². The third kappa shape index (κ3) is 4.06. The van der Waals surface area contributed by atoms with Gasteiger partial charge in [0.05, 0.1) is 10.8 Å². The van der Waals surface area contributed by atoms with E-state index in [1.807, 2.05) is 24.0 Å². The number of nitrogens with zero attached hydrogens (tertiary/aromatic N) is 2. The Labute approximate surface area is 151 Å². The van der Waals surface area contributed by atoms with Gasteiger partial charge < -0.3 is 4.90 Å². The predicted molar refractivity (Wildman–Crippen MR) is 97.6 cm³/mol. The molecule has 0 aliphatic carbocycles. The molecule has 2 aliphatic heterocycles. The minimum Gasteiger partial charge on any atom is -0.342 e. The Morgan fingerprint density at radius 2 is 1.72 bits per heavy atom. The van der Waals surface area contributed by atoms with E-state index in [4.69, 9.17) is 0 Å². The quantitative estimate of drug-likeness (QED) is 0.828. The largest absolute Gasteiger partial charge is 0.342 e. The van der Waals surface area contributed by atoms with E-state index in [0.29, 0.717) is 23.9 Å². The van der Waals surface area contributed by atoms with E-state index >= 15 is 0 Å². The summed E-state index contributed by atoms with van der Waals surface area (Å²) in [6, 6.07) is 6.94. The number of benzene rings is 1. The minimum atomic E-state index is -3.52. The van der Waals surface area contributed by atoms with Gasteiger partial charge in [-0.1, -0.05) is 24.6 Å². The van der Waals surface area contributed by atoms with Crippen LogP contribution in [0.3, 0.4) is 0 Å². The van der Waals surface area contributed by atoms with Crippen LogP contribution in [0, 0.1) is 18.8 Å². The molecule has 1 aromatic carbocycles. The van der Waals surface area contributed by atoms with Crippen molar-refractivity contribution in [1.29, 1.82) is 0 Å². The molecule has 3 rings (SSSR count). The molecule has 5 nitrogen and oxygen atoms in total. The molecule has 1 amide bonds. The lowest BCUT2D eigenvalue weighted by Crippen LogP contribution is -2.48. The highest BCUT2D eigenvalue weighted by Crippen LogP contribution is 2.26. The molecule has 2 saturated heterocycles. The Morgan fingerprint density at radius 3 is 2.40 bits per heavy atom. The Hall–Kier alpha value is -1.40. The van der Waals surface area contributed by atoms with Crippen LogP contribution < -0.4 is 0 Å². The van der Waals surface area contributed by atoms with Crippen LogP contribution in [0.5, 0.6) is 0 Å². The highest BCUT2D eigenvalue weighted by Gasteiger charge is 2.35. The van der Waals surface area contributed by atoms with E-state index in [2.05, 4.69) is 6.92 Å². The molecule has 0 N–H and O–H groups in total. The number of amides is 1. The van der Waals surface area contributed by atoms with Crippen molar-refractivity contribution in [1.82, 2.24) is 9.21 Å². The SMILES string of the molecule is Cc1ccc(S(=O)(=O)N2CCC[C@H](C(=O)N3CCC[C@@H](C)C3)C2)cc1. The van der Waals surface area contributed by atoms with E-state index in [9.17, 15) is 13.2 Å². The lowest BCUT2D eigenvalue weighted by Gasteiger charge is -2.37. The molecule has 2 fully saturated rings. The summed E-state index contributed by atoms with van der Waals surface area (Å²) in [5, 5.41) is 0. The van der Waals surface area contributed by atoms with Gasteiger partial charge in [0.2, 0.25) is 15.9 Å². The first-order valence-electron chi connectivity index (χ1n) is 9.23. The molecule has 2 heterocycles. The second-order valence-corrected chi connectivity index (χ2v) is 9.48. The van der Waals surface area contributed by atoms with Gasteiger partial charge in [0.1, 0.15) is 0 Å². The summed E-state index contributed by atoms with van der Waals surface area (Å²) in [4.78, 5) is 15.1. The molecular formula is C19H28N2O3S. The zero-order valence-electron chi connectivity index (χ0n) is 15.1. The summed E-state index contributed by atoms with van der Waals surface area (Å²) < 4.78 is 27.3. The van der Waals surface area contributed by atoms with Gasteiger partial charge in [0.15, 0.2) is 0 Å². The maximum absolute atomic E-state index is 12.9. The molecule has 138 valence electrons. The van der Waals surface area contributed by atoms with E-state index in [1.165, 1.54) is 10.7 Å². The molecule has 0 aromatic heterocycles. The van der Waals surface area contributed by atoms with Crippen LogP contribution in [0.25, 0.3) is 0 Å². The number of sulfonamides is 1. The van der Waals surface area contributed by atoms with Gasteiger partial charge in [-0.2, -0.15) is 4.31 Å². The average molecular weight is 365 g/mol. The van der Waals surface area contributed by atoms with Crippen LogP contribution >= 0.6 is 0 Å². The standard InChI is InChI=1S/C19H28N2O3S/c1-15-7-9-18(10-8-15)25(23,24)21-12-4-6-17(14-21)19(22)20-11-3-5-16(2)13-20/h7-10,16-17H,3-6,11-14H2,1-2H3/t16-,17+/m1/s1. The van der Waals surface area contributed by atoms with Crippen LogP contribution in [0.1, 0.15) is 38.2 Å². The van der Waals surface area contributed by atoms with Gasteiger partial charge in [0.25, 0.3) is 0 Å². The predicted octanol–water partition coefficient (Wildman–Crippen LogP) is 2.65. The minimum absolute atomic E-state index is 0.135. The monoisotopic (exact) mass is 364 g/mol. The Morgan fingerprint density at radius 1 is 1.04 bits per heavy atom. The van der Waals surface area contributed by atoms with Crippen LogP contribution in [0.15, 0.2) is 29.2 Å². The number of carbonyl (C=O) groups excluding carboxylic acids is 1. The smallest absolute Gasteiger partial charge is 0.243 e. The fourth-order valence-corrected chi connectivity index (χ4v) is 5.39. The Balaban J connectivity index is 1.72. The summed E-state index contributed by atoms with van der Waals surface area (Å²) >= 11 is 0. The maximum atomic E-state index is 12.9. The number of likely N-dealkylation sites (tertiary alicyclic amines) is 1. The topological polar surface area (TPSA) is 57.7 Å². The first-order chi connectivity index (χ1) is 11.9. The summed E-state index contributed by atoms with van der Waals surface area (Å²) in [5.41, 5.74) is 1.03. The summed E-state index contributed by atoms with van der Waals surface area (Å²) in [5.74, 6) is 0.461. The van der Waals surface area contributed by atoms with E-state index in [1.54, 1.807) is 12.1 Å². The summed E-state index contributed by atoms with van der Waals surface area (Å²) in [7, 11) is -3.52. The highest BCUT2D eigenvalue weighted by atomic mass is 32.2. The molecule has 2 atom stereocenters. The van der Waals surface area contributed by atoms with Crippen molar-refractivity contribution in [2.24, 2.45) is 11.8 Å². The first kappa shape index (κ1) is 18.4. The van der Waals surface area contributed by atoms with E-state index in [-0.39, 0.29) is 11.8 Å². The number of piperidine rings is 2.